The minimum absolute atomic E-state index is 0.0660. The second-order valence-corrected chi connectivity index (χ2v) is 7.06. The number of H-pyrrole nitrogens is 1. The van der Waals surface area contributed by atoms with Gasteiger partial charge in [0, 0.05) is 30.7 Å². The van der Waals surface area contributed by atoms with Gasteiger partial charge in [0.1, 0.15) is 5.65 Å². The number of anilines is 2. The van der Waals surface area contributed by atoms with Crippen LogP contribution in [0.1, 0.15) is 26.7 Å². The molecule has 0 saturated carbocycles. The second-order valence-electron chi connectivity index (χ2n) is 7.06. The molecule has 7 nitrogen and oxygen atoms in total. The fourth-order valence-corrected chi connectivity index (χ4v) is 3.79. The normalized spacial score (nSPS) is 18.2. The number of fused-ring (bicyclic) bond motifs is 1. The zero-order valence-corrected chi connectivity index (χ0v) is 14.4. The average Bonchev–Trinajstić information content (AvgIpc) is 3.21. The van der Waals surface area contributed by atoms with E-state index in [1.807, 2.05) is 32.2 Å². The summed E-state index contributed by atoms with van der Waals surface area (Å²) in [5.41, 5.74) is 8.53. The van der Waals surface area contributed by atoms with Crippen molar-refractivity contribution in [1.82, 2.24) is 19.9 Å². The summed E-state index contributed by atoms with van der Waals surface area (Å²) in [5, 5.41) is 11.6. The Morgan fingerprint density at radius 1 is 1.28 bits per heavy atom. The molecule has 0 amide bonds. The molecular formula is C18H22N6O. The molecule has 130 valence electrons. The smallest absolute Gasteiger partial charge is 0.220 e. The van der Waals surface area contributed by atoms with Crippen molar-refractivity contribution in [3.05, 3.63) is 30.7 Å². The zero-order chi connectivity index (χ0) is 17.6. The first-order valence-corrected chi connectivity index (χ1v) is 8.49. The minimum atomic E-state index is -0.776. The van der Waals surface area contributed by atoms with E-state index in [1.165, 1.54) is 0 Å². The number of nitrogen functional groups attached to an aromatic ring is 1. The van der Waals surface area contributed by atoms with E-state index in [2.05, 4.69) is 24.8 Å². The van der Waals surface area contributed by atoms with Crippen LogP contribution in [-0.4, -0.2) is 43.2 Å². The lowest BCUT2D eigenvalue weighted by molar-refractivity contribution is 0.0535. The molecule has 0 aliphatic carbocycles. The molecule has 4 rings (SSSR count). The van der Waals surface area contributed by atoms with Gasteiger partial charge in [0.25, 0.3) is 0 Å². The third kappa shape index (κ3) is 2.70. The third-order valence-electron chi connectivity index (χ3n) is 4.88. The van der Waals surface area contributed by atoms with Gasteiger partial charge in [0.2, 0.25) is 5.95 Å². The first-order valence-electron chi connectivity index (χ1n) is 8.49. The van der Waals surface area contributed by atoms with Crippen molar-refractivity contribution in [1.29, 1.82) is 0 Å². The molecule has 0 radical (unpaired) electrons. The Morgan fingerprint density at radius 2 is 2.08 bits per heavy atom. The van der Waals surface area contributed by atoms with E-state index in [4.69, 9.17) is 5.73 Å². The van der Waals surface area contributed by atoms with Crippen molar-refractivity contribution < 1.29 is 5.11 Å². The summed E-state index contributed by atoms with van der Waals surface area (Å²) in [4.78, 5) is 18.3. The number of pyridine rings is 1. The Morgan fingerprint density at radius 3 is 2.84 bits per heavy atom. The molecule has 0 aromatic carbocycles. The lowest BCUT2D eigenvalue weighted by Gasteiger charge is -2.35. The SMILES string of the molecule is CC(C)(O)[C@@H]1CCCN1c1ccnc2[nH]cc(-c3ccnc(N)n3)c12. The van der Waals surface area contributed by atoms with Gasteiger partial charge in [-0.15, -0.1) is 0 Å². The van der Waals surface area contributed by atoms with Crippen LogP contribution < -0.4 is 10.6 Å². The number of aromatic nitrogens is 4. The Bertz CT molecular complexity index is 913. The summed E-state index contributed by atoms with van der Waals surface area (Å²) in [6.45, 7) is 4.65. The highest BCUT2D eigenvalue weighted by Crippen LogP contribution is 2.39. The van der Waals surface area contributed by atoms with Gasteiger partial charge in [-0.3, -0.25) is 0 Å². The Hall–Kier alpha value is -2.67. The molecule has 0 unspecified atom stereocenters. The Labute approximate surface area is 145 Å². The standard InChI is InChI=1S/C18H22N6O/c1-18(2,25)14-4-3-9-24(14)13-6-8-20-16-15(13)11(10-22-16)12-5-7-21-17(19)23-12/h5-8,10,14,25H,3-4,9H2,1-2H3,(H,20,22)(H2,19,21,23)/t14-/m0/s1. The van der Waals surface area contributed by atoms with Crippen LogP contribution in [0, 0.1) is 0 Å². The van der Waals surface area contributed by atoms with E-state index in [0.29, 0.717) is 0 Å². The van der Waals surface area contributed by atoms with Crippen LogP contribution in [0.2, 0.25) is 0 Å². The lowest BCUT2D eigenvalue weighted by atomic mass is 9.96. The largest absolute Gasteiger partial charge is 0.388 e. The quantitative estimate of drug-likeness (QED) is 0.677. The van der Waals surface area contributed by atoms with E-state index in [9.17, 15) is 5.11 Å². The summed E-state index contributed by atoms with van der Waals surface area (Å²) >= 11 is 0. The summed E-state index contributed by atoms with van der Waals surface area (Å²) in [7, 11) is 0. The summed E-state index contributed by atoms with van der Waals surface area (Å²) in [5.74, 6) is 0.243. The summed E-state index contributed by atoms with van der Waals surface area (Å²) < 4.78 is 0. The number of hydrogen-bond donors (Lipinski definition) is 3. The van der Waals surface area contributed by atoms with E-state index >= 15 is 0 Å². The zero-order valence-electron chi connectivity index (χ0n) is 14.4. The number of nitrogens with two attached hydrogens (primary N) is 1. The van der Waals surface area contributed by atoms with Crippen LogP contribution in [0.3, 0.4) is 0 Å². The maximum absolute atomic E-state index is 10.6. The lowest BCUT2D eigenvalue weighted by Crippen LogP contribution is -2.45. The number of nitrogens with one attached hydrogen (secondary N) is 1. The van der Waals surface area contributed by atoms with Crippen molar-refractivity contribution >= 4 is 22.7 Å². The summed E-state index contributed by atoms with van der Waals surface area (Å²) in [6.07, 6.45) is 7.37. The highest BCUT2D eigenvalue weighted by molar-refractivity contribution is 6.02. The Kier molecular flexibility index (Phi) is 3.61. The number of nitrogens with zero attached hydrogens (tertiary/aromatic N) is 4. The molecule has 1 saturated heterocycles. The number of aliphatic hydroxyl groups is 1. The van der Waals surface area contributed by atoms with Gasteiger partial charge in [0.15, 0.2) is 0 Å². The number of rotatable bonds is 3. The van der Waals surface area contributed by atoms with Gasteiger partial charge in [-0.2, -0.15) is 0 Å². The molecule has 4 N–H and O–H groups in total. The van der Waals surface area contributed by atoms with Gasteiger partial charge in [-0.1, -0.05) is 0 Å². The second kappa shape index (κ2) is 5.70. The fraction of sp³-hybridized carbons (Fsp3) is 0.389. The van der Waals surface area contributed by atoms with Crippen LogP contribution >= 0.6 is 0 Å². The van der Waals surface area contributed by atoms with Crippen molar-refractivity contribution in [3.8, 4) is 11.3 Å². The highest BCUT2D eigenvalue weighted by atomic mass is 16.3. The maximum atomic E-state index is 10.6. The predicted molar refractivity (Wildman–Crippen MR) is 98.2 cm³/mol. The van der Waals surface area contributed by atoms with Gasteiger partial charge >= 0.3 is 0 Å². The molecule has 7 heteroatoms. The molecule has 1 fully saturated rings. The molecule has 3 aromatic heterocycles. The topological polar surface area (TPSA) is 104 Å². The summed E-state index contributed by atoms with van der Waals surface area (Å²) in [6, 6.07) is 3.91. The molecule has 0 spiro atoms. The van der Waals surface area contributed by atoms with Crippen molar-refractivity contribution in [2.75, 3.05) is 17.2 Å². The maximum Gasteiger partial charge on any atom is 0.220 e. The van der Waals surface area contributed by atoms with E-state index < -0.39 is 5.60 Å². The van der Waals surface area contributed by atoms with E-state index in [0.717, 1.165) is 47.4 Å². The van der Waals surface area contributed by atoms with Gasteiger partial charge in [-0.25, -0.2) is 15.0 Å². The van der Waals surface area contributed by atoms with Crippen LogP contribution in [0.4, 0.5) is 11.6 Å². The van der Waals surface area contributed by atoms with Crippen molar-refractivity contribution in [3.63, 3.8) is 0 Å². The number of aromatic amines is 1. The van der Waals surface area contributed by atoms with Crippen molar-refractivity contribution in [2.24, 2.45) is 0 Å². The molecule has 0 bridgehead atoms. The van der Waals surface area contributed by atoms with Gasteiger partial charge in [-0.05, 0) is 38.8 Å². The molecule has 25 heavy (non-hydrogen) atoms. The molecule has 3 aromatic rings. The van der Waals surface area contributed by atoms with Crippen LogP contribution in [0.5, 0.6) is 0 Å². The molecule has 1 aliphatic rings. The minimum Gasteiger partial charge on any atom is -0.388 e. The Balaban J connectivity index is 1.89. The fourth-order valence-electron chi connectivity index (χ4n) is 3.79. The number of hydrogen-bond acceptors (Lipinski definition) is 6. The van der Waals surface area contributed by atoms with Gasteiger partial charge in [0.05, 0.1) is 28.4 Å². The monoisotopic (exact) mass is 338 g/mol. The average molecular weight is 338 g/mol. The van der Waals surface area contributed by atoms with Crippen LogP contribution in [-0.2, 0) is 0 Å². The molecule has 4 heterocycles. The highest BCUT2D eigenvalue weighted by Gasteiger charge is 2.37. The van der Waals surface area contributed by atoms with Crippen LogP contribution in [0.15, 0.2) is 30.7 Å². The van der Waals surface area contributed by atoms with E-state index in [-0.39, 0.29) is 12.0 Å². The first-order chi connectivity index (χ1) is 11.9. The molecule has 1 atom stereocenters. The molecule has 1 aliphatic heterocycles. The third-order valence-corrected chi connectivity index (χ3v) is 4.88. The molecular weight excluding hydrogens is 316 g/mol. The first kappa shape index (κ1) is 15.8. The van der Waals surface area contributed by atoms with Gasteiger partial charge < -0.3 is 20.7 Å². The van der Waals surface area contributed by atoms with E-state index in [1.54, 1.807) is 12.4 Å². The predicted octanol–water partition coefficient (Wildman–Crippen LogP) is 2.34. The van der Waals surface area contributed by atoms with Crippen molar-refractivity contribution in [2.45, 2.75) is 38.3 Å². The van der Waals surface area contributed by atoms with Crippen LogP contribution in [0.25, 0.3) is 22.3 Å².